The third-order valence-electron chi connectivity index (χ3n) is 1.06. The van der Waals surface area contributed by atoms with Gasteiger partial charge in [-0.2, -0.15) is 9.02 Å². The highest BCUT2D eigenvalue weighted by Gasteiger charge is 2.03. The molecule has 1 aliphatic carbocycles. The van der Waals surface area contributed by atoms with E-state index in [0.717, 1.165) is 0 Å². The molecule has 1 rings (SSSR count). The lowest BCUT2D eigenvalue weighted by molar-refractivity contribution is 1.79. The Morgan fingerprint density at radius 1 is 0.900 bits per heavy atom. The van der Waals surface area contributed by atoms with Crippen molar-refractivity contribution in [3.05, 3.63) is 24.3 Å². The van der Waals surface area contributed by atoms with Crippen LogP contribution in [0.4, 0.5) is 0 Å². The van der Waals surface area contributed by atoms with Crippen molar-refractivity contribution in [3.63, 3.8) is 0 Å². The van der Waals surface area contributed by atoms with Crippen LogP contribution >= 0.6 is 23.6 Å². The molecule has 0 saturated heterocycles. The second-order valence-corrected chi connectivity index (χ2v) is 2.00. The summed E-state index contributed by atoms with van der Waals surface area (Å²) in [6.45, 7) is 0. The molecule has 0 radical (unpaired) electrons. The molecule has 0 aromatic carbocycles. The van der Waals surface area contributed by atoms with E-state index in [1.165, 1.54) is 0 Å². The standard InChI is InChI=1S/C6H4Cl2N2/c7-9-5-3-1-2-4-6(5)10-8/h1-4H/b9-5+,10-6?. The van der Waals surface area contributed by atoms with Crippen LogP contribution in [-0.2, 0) is 0 Å². The molecule has 0 saturated carbocycles. The molecule has 4 heteroatoms. The van der Waals surface area contributed by atoms with E-state index in [1.807, 2.05) is 12.2 Å². The van der Waals surface area contributed by atoms with Crippen LogP contribution in [0.5, 0.6) is 0 Å². The van der Waals surface area contributed by atoms with Crippen molar-refractivity contribution in [2.24, 2.45) is 9.02 Å². The minimum Gasteiger partial charge on any atom is -0.176 e. The molecular formula is C6H4Cl2N2. The maximum Gasteiger partial charge on any atom is 0.104 e. The predicted octanol–water partition coefficient (Wildman–Crippen LogP) is 2.30. The average molecular weight is 175 g/mol. The molecule has 2 nitrogen and oxygen atoms in total. The summed E-state index contributed by atoms with van der Waals surface area (Å²) in [6.07, 6.45) is 7.09. The molecule has 1 aliphatic rings. The van der Waals surface area contributed by atoms with Gasteiger partial charge in [-0.1, -0.05) is 12.2 Å². The number of nitrogens with zero attached hydrogens (tertiary/aromatic N) is 2. The van der Waals surface area contributed by atoms with E-state index in [4.69, 9.17) is 23.6 Å². The number of halogens is 2. The van der Waals surface area contributed by atoms with Gasteiger partial charge in [0.15, 0.2) is 0 Å². The molecule has 0 bridgehead atoms. The van der Waals surface area contributed by atoms with Gasteiger partial charge in [0.2, 0.25) is 0 Å². The molecule has 10 heavy (non-hydrogen) atoms. The Bertz CT molecular complexity index is 212. The van der Waals surface area contributed by atoms with E-state index in [0.29, 0.717) is 11.4 Å². The molecule has 0 aromatic rings. The monoisotopic (exact) mass is 174 g/mol. The third kappa shape index (κ3) is 1.46. The first-order valence-electron chi connectivity index (χ1n) is 2.61. The van der Waals surface area contributed by atoms with Crippen LogP contribution in [0.15, 0.2) is 33.3 Å². The molecular weight excluding hydrogens is 171 g/mol. The van der Waals surface area contributed by atoms with Crippen LogP contribution in [0, 0.1) is 0 Å². The molecule has 0 aliphatic heterocycles. The molecule has 52 valence electrons. The third-order valence-corrected chi connectivity index (χ3v) is 1.43. The van der Waals surface area contributed by atoms with E-state index in [1.54, 1.807) is 12.2 Å². The zero-order valence-electron chi connectivity index (χ0n) is 4.96. The lowest BCUT2D eigenvalue weighted by atomic mass is 10.1. The van der Waals surface area contributed by atoms with Gasteiger partial charge in [-0.15, -0.1) is 0 Å². The Kier molecular flexibility index (Phi) is 2.66. The van der Waals surface area contributed by atoms with Crippen molar-refractivity contribution in [1.29, 1.82) is 0 Å². The fourth-order valence-electron chi connectivity index (χ4n) is 0.607. The van der Waals surface area contributed by atoms with Gasteiger partial charge in [0.1, 0.15) is 11.4 Å². The number of hydrogen-bond donors (Lipinski definition) is 0. The Morgan fingerprint density at radius 3 is 1.60 bits per heavy atom. The number of rotatable bonds is 0. The number of allylic oxidation sites excluding steroid dienone is 4. The Hall–Kier alpha value is -0.600. The van der Waals surface area contributed by atoms with Gasteiger partial charge in [0.05, 0.1) is 0 Å². The summed E-state index contributed by atoms with van der Waals surface area (Å²) in [4.78, 5) is 0. The van der Waals surface area contributed by atoms with Crippen molar-refractivity contribution in [3.8, 4) is 0 Å². The maximum atomic E-state index is 5.22. The number of hydrogen-bond acceptors (Lipinski definition) is 2. The van der Waals surface area contributed by atoms with E-state index < -0.39 is 0 Å². The van der Waals surface area contributed by atoms with Crippen LogP contribution in [0.1, 0.15) is 0 Å². The van der Waals surface area contributed by atoms with Gasteiger partial charge in [0, 0.05) is 23.6 Å². The van der Waals surface area contributed by atoms with Crippen LogP contribution in [0.25, 0.3) is 0 Å². The summed E-state index contributed by atoms with van der Waals surface area (Å²) in [5.74, 6) is 0. The van der Waals surface area contributed by atoms with Crippen LogP contribution in [0.2, 0.25) is 0 Å². The highest BCUT2D eigenvalue weighted by atomic mass is 35.5. The quantitative estimate of drug-likeness (QED) is 0.504. The molecule has 0 N–H and O–H groups in total. The second-order valence-electron chi connectivity index (χ2n) is 1.66. The molecule has 0 amide bonds. The van der Waals surface area contributed by atoms with Gasteiger partial charge in [-0.3, -0.25) is 0 Å². The predicted molar refractivity (Wildman–Crippen MR) is 44.9 cm³/mol. The molecule has 0 unspecified atom stereocenters. The van der Waals surface area contributed by atoms with Gasteiger partial charge in [0.25, 0.3) is 0 Å². The van der Waals surface area contributed by atoms with Crippen LogP contribution in [0.3, 0.4) is 0 Å². The minimum absolute atomic E-state index is 0.583. The van der Waals surface area contributed by atoms with Crippen LogP contribution < -0.4 is 0 Å². The lowest BCUT2D eigenvalue weighted by Gasteiger charge is -1.98. The Labute approximate surface area is 68.8 Å². The normalized spacial score (nSPS) is 24.6. The summed E-state index contributed by atoms with van der Waals surface area (Å²) in [6, 6.07) is 0. The highest BCUT2D eigenvalue weighted by molar-refractivity contribution is 6.55. The van der Waals surface area contributed by atoms with Crippen molar-refractivity contribution in [2.45, 2.75) is 0 Å². The van der Waals surface area contributed by atoms with E-state index in [2.05, 4.69) is 9.02 Å². The smallest absolute Gasteiger partial charge is 0.104 e. The zero-order chi connectivity index (χ0) is 7.40. The Balaban J connectivity index is 2.96. The summed E-state index contributed by atoms with van der Waals surface area (Å²) in [7, 11) is 0. The zero-order valence-corrected chi connectivity index (χ0v) is 6.47. The fraction of sp³-hybridized carbons (Fsp3) is 0. The first-order valence-corrected chi connectivity index (χ1v) is 3.29. The molecule has 0 spiro atoms. The summed E-state index contributed by atoms with van der Waals surface area (Å²) in [5.41, 5.74) is 1.17. The molecule has 0 fully saturated rings. The second kappa shape index (κ2) is 3.54. The van der Waals surface area contributed by atoms with Crippen molar-refractivity contribution in [1.82, 2.24) is 0 Å². The van der Waals surface area contributed by atoms with Crippen LogP contribution in [-0.4, -0.2) is 11.4 Å². The van der Waals surface area contributed by atoms with Crippen molar-refractivity contribution in [2.75, 3.05) is 0 Å². The topological polar surface area (TPSA) is 24.7 Å². The highest BCUT2D eigenvalue weighted by Crippen LogP contribution is 2.00. The maximum absolute atomic E-state index is 5.22. The summed E-state index contributed by atoms with van der Waals surface area (Å²) in [5, 5.41) is 0. The fourth-order valence-corrected chi connectivity index (χ4v) is 0.893. The van der Waals surface area contributed by atoms with Gasteiger partial charge in [-0.25, -0.2) is 0 Å². The van der Waals surface area contributed by atoms with Crippen molar-refractivity contribution < 1.29 is 0 Å². The molecule has 0 atom stereocenters. The first kappa shape index (κ1) is 7.51. The lowest BCUT2D eigenvalue weighted by Crippen LogP contribution is -2.08. The molecule has 0 aromatic heterocycles. The van der Waals surface area contributed by atoms with Gasteiger partial charge in [-0.05, 0) is 12.2 Å². The van der Waals surface area contributed by atoms with Gasteiger partial charge >= 0.3 is 0 Å². The summed E-state index contributed by atoms with van der Waals surface area (Å²) >= 11 is 10.4. The van der Waals surface area contributed by atoms with Gasteiger partial charge < -0.3 is 0 Å². The average Bonchev–Trinajstić information content (AvgIpc) is 2.04. The SMILES string of the molecule is ClN=C1C=CC=C/C1=N\Cl. The van der Waals surface area contributed by atoms with E-state index in [9.17, 15) is 0 Å². The minimum atomic E-state index is 0.583. The van der Waals surface area contributed by atoms with E-state index in [-0.39, 0.29) is 0 Å². The first-order chi connectivity index (χ1) is 4.88. The van der Waals surface area contributed by atoms with Crippen molar-refractivity contribution >= 4 is 35.0 Å². The largest absolute Gasteiger partial charge is 0.176 e. The Morgan fingerprint density at radius 2 is 1.30 bits per heavy atom. The summed E-state index contributed by atoms with van der Waals surface area (Å²) < 4.78 is 6.87. The van der Waals surface area contributed by atoms with E-state index >= 15 is 0 Å². The molecule has 0 heterocycles.